The van der Waals surface area contributed by atoms with Gasteiger partial charge in [0.15, 0.2) is 0 Å². The van der Waals surface area contributed by atoms with Gasteiger partial charge in [-0.05, 0) is 51.8 Å². The molecule has 1 heterocycles. The monoisotopic (exact) mass is 319 g/mol. The lowest BCUT2D eigenvalue weighted by Crippen LogP contribution is -2.27. The number of aliphatic hydroxyl groups is 1. The topological polar surface area (TPSA) is 50.1 Å². The highest BCUT2D eigenvalue weighted by Gasteiger charge is 2.15. The Morgan fingerprint density at radius 2 is 1.91 bits per heavy atom. The first-order valence-electron chi connectivity index (χ1n) is 7.96. The lowest BCUT2D eigenvalue weighted by atomic mass is 10.0. The molecule has 2 rings (SSSR count). The van der Waals surface area contributed by atoms with Gasteiger partial charge in [-0.3, -0.25) is 4.68 Å². The molecule has 0 amide bonds. The van der Waals surface area contributed by atoms with E-state index in [1.165, 1.54) is 12.1 Å². The normalized spacial score (nSPS) is 14.7. The standard InChI is InChI=1S/C18H26FN3O/c1-13(9-17(23)15-5-7-16(19)8-6-15)20-10-14-11-21-22(12-14)18(2,3)4/h5-8,11-13,17,20,23H,9-10H2,1-4H3. The van der Waals surface area contributed by atoms with E-state index in [0.717, 1.165) is 11.1 Å². The fourth-order valence-corrected chi connectivity index (χ4v) is 2.35. The number of hydrogen-bond donors (Lipinski definition) is 2. The van der Waals surface area contributed by atoms with E-state index in [4.69, 9.17) is 0 Å². The third-order valence-corrected chi connectivity index (χ3v) is 3.81. The molecule has 0 aliphatic carbocycles. The molecule has 5 heteroatoms. The van der Waals surface area contributed by atoms with Gasteiger partial charge in [0, 0.05) is 24.3 Å². The summed E-state index contributed by atoms with van der Waals surface area (Å²) in [5, 5.41) is 18.0. The van der Waals surface area contributed by atoms with Crippen molar-refractivity contribution in [2.24, 2.45) is 0 Å². The van der Waals surface area contributed by atoms with Crippen LogP contribution in [0.3, 0.4) is 0 Å². The van der Waals surface area contributed by atoms with Crippen LogP contribution in [-0.2, 0) is 12.1 Å². The van der Waals surface area contributed by atoms with Crippen molar-refractivity contribution in [3.05, 3.63) is 53.6 Å². The summed E-state index contributed by atoms with van der Waals surface area (Å²) in [4.78, 5) is 0. The van der Waals surface area contributed by atoms with E-state index in [1.54, 1.807) is 12.1 Å². The van der Waals surface area contributed by atoms with Crippen LogP contribution >= 0.6 is 0 Å². The molecule has 2 aromatic rings. The molecule has 0 saturated carbocycles. The number of nitrogens with one attached hydrogen (secondary N) is 1. The molecule has 0 aliphatic heterocycles. The summed E-state index contributed by atoms with van der Waals surface area (Å²) >= 11 is 0. The van der Waals surface area contributed by atoms with Crippen molar-refractivity contribution in [3.8, 4) is 0 Å². The van der Waals surface area contributed by atoms with Crippen LogP contribution in [0, 0.1) is 5.82 Å². The Labute approximate surface area is 137 Å². The second kappa shape index (κ2) is 7.23. The smallest absolute Gasteiger partial charge is 0.123 e. The first-order chi connectivity index (χ1) is 10.8. The Hall–Kier alpha value is -1.72. The fourth-order valence-electron chi connectivity index (χ4n) is 2.35. The zero-order valence-corrected chi connectivity index (χ0v) is 14.3. The van der Waals surface area contributed by atoms with Gasteiger partial charge in [0.1, 0.15) is 5.82 Å². The quantitative estimate of drug-likeness (QED) is 0.858. The van der Waals surface area contributed by atoms with E-state index in [2.05, 4.69) is 31.2 Å². The second-order valence-electron chi connectivity index (χ2n) is 7.05. The van der Waals surface area contributed by atoms with Crippen LogP contribution in [-0.4, -0.2) is 20.9 Å². The first-order valence-corrected chi connectivity index (χ1v) is 7.96. The van der Waals surface area contributed by atoms with Crippen LogP contribution in [0.2, 0.25) is 0 Å². The summed E-state index contributed by atoms with van der Waals surface area (Å²) < 4.78 is 14.9. The minimum absolute atomic E-state index is 0.0252. The highest BCUT2D eigenvalue weighted by molar-refractivity contribution is 5.18. The van der Waals surface area contributed by atoms with Crippen molar-refractivity contribution in [1.29, 1.82) is 0 Å². The Morgan fingerprint density at radius 3 is 2.48 bits per heavy atom. The average molecular weight is 319 g/mol. The lowest BCUT2D eigenvalue weighted by Gasteiger charge is -2.19. The van der Waals surface area contributed by atoms with Gasteiger partial charge in [-0.25, -0.2) is 4.39 Å². The van der Waals surface area contributed by atoms with Gasteiger partial charge in [0.2, 0.25) is 0 Å². The predicted octanol–water partition coefficient (Wildman–Crippen LogP) is 3.38. The molecule has 0 radical (unpaired) electrons. The number of rotatable bonds is 6. The largest absolute Gasteiger partial charge is 0.388 e. The third kappa shape index (κ3) is 5.15. The Morgan fingerprint density at radius 1 is 1.26 bits per heavy atom. The minimum Gasteiger partial charge on any atom is -0.388 e. The van der Waals surface area contributed by atoms with E-state index in [-0.39, 0.29) is 17.4 Å². The molecule has 0 aliphatic rings. The van der Waals surface area contributed by atoms with Crippen molar-refractivity contribution < 1.29 is 9.50 Å². The molecule has 126 valence electrons. The number of benzene rings is 1. The van der Waals surface area contributed by atoms with Crippen molar-refractivity contribution >= 4 is 0 Å². The lowest BCUT2D eigenvalue weighted by molar-refractivity contribution is 0.153. The van der Waals surface area contributed by atoms with E-state index in [0.29, 0.717) is 13.0 Å². The van der Waals surface area contributed by atoms with Crippen molar-refractivity contribution in [2.75, 3.05) is 0 Å². The zero-order chi connectivity index (χ0) is 17.0. The Kier molecular flexibility index (Phi) is 5.55. The molecule has 23 heavy (non-hydrogen) atoms. The summed E-state index contributed by atoms with van der Waals surface area (Å²) in [5.74, 6) is -0.289. The van der Waals surface area contributed by atoms with Crippen molar-refractivity contribution in [3.63, 3.8) is 0 Å². The highest BCUT2D eigenvalue weighted by Crippen LogP contribution is 2.19. The molecule has 2 N–H and O–H groups in total. The summed E-state index contributed by atoms with van der Waals surface area (Å²) in [7, 11) is 0. The van der Waals surface area contributed by atoms with Gasteiger partial charge < -0.3 is 10.4 Å². The summed E-state index contributed by atoms with van der Waals surface area (Å²) in [5.41, 5.74) is 1.83. The van der Waals surface area contributed by atoms with Crippen LogP contribution in [0.15, 0.2) is 36.7 Å². The Balaban J connectivity index is 1.84. The second-order valence-corrected chi connectivity index (χ2v) is 7.05. The van der Waals surface area contributed by atoms with Crippen molar-refractivity contribution in [2.45, 2.75) is 58.3 Å². The van der Waals surface area contributed by atoms with Crippen LogP contribution < -0.4 is 5.32 Å². The van der Waals surface area contributed by atoms with Gasteiger partial charge in [0.05, 0.1) is 17.8 Å². The molecule has 0 fully saturated rings. The molecule has 0 saturated heterocycles. The first kappa shape index (κ1) is 17.6. The minimum atomic E-state index is -0.601. The van der Waals surface area contributed by atoms with E-state index < -0.39 is 6.10 Å². The summed E-state index contributed by atoms with van der Waals surface area (Å²) in [6, 6.07) is 6.13. The zero-order valence-electron chi connectivity index (χ0n) is 14.3. The van der Waals surface area contributed by atoms with Gasteiger partial charge >= 0.3 is 0 Å². The molecule has 2 atom stereocenters. The molecule has 4 nitrogen and oxygen atoms in total. The highest BCUT2D eigenvalue weighted by atomic mass is 19.1. The molecule has 0 spiro atoms. The van der Waals surface area contributed by atoms with Gasteiger partial charge in [-0.2, -0.15) is 5.10 Å². The number of aromatic nitrogens is 2. The molecule has 2 unspecified atom stereocenters. The van der Waals surface area contributed by atoms with E-state index >= 15 is 0 Å². The maximum absolute atomic E-state index is 12.9. The molecule has 1 aromatic carbocycles. The van der Waals surface area contributed by atoms with Crippen LogP contribution in [0.25, 0.3) is 0 Å². The molecular weight excluding hydrogens is 293 g/mol. The maximum Gasteiger partial charge on any atom is 0.123 e. The third-order valence-electron chi connectivity index (χ3n) is 3.81. The van der Waals surface area contributed by atoms with Crippen molar-refractivity contribution in [1.82, 2.24) is 15.1 Å². The number of hydrogen-bond acceptors (Lipinski definition) is 3. The van der Waals surface area contributed by atoms with Crippen LogP contribution in [0.5, 0.6) is 0 Å². The van der Waals surface area contributed by atoms with Gasteiger partial charge in [0.25, 0.3) is 0 Å². The Bertz CT molecular complexity index is 616. The van der Waals surface area contributed by atoms with E-state index in [9.17, 15) is 9.50 Å². The molecular formula is C18H26FN3O. The van der Waals surface area contributed by atoms with Crippen LogP contribution in [0.4, 0.5) is 4.39 Å². The average Bonchev–Trinajstić information content (AvgIpc) is 2.95. The number of aliphatic hydroxyl groups excluding tert-OH is 1. The number of nitrogens with zero attached hydrogens (tertiary/aromatic N) is 2. The maximum atomic E-state index is 12.9. The van der Waals surface area contributed by atoms with E-state index in [1.807, 2.05) is 24.0 Å². The SMILES string of the molecule is CC(CC(O)c1ccc(F)cc1)NCc1cnn(C(C)(C)C)c1. The summed E-state index contributed by atoms with van der Waals surface area (Å²) in [6.45, 7) is 9.06. The fraction of sp³-hybridized carbons (Fsp3) is 0.500. The summed E-state index contributed by atoms with van der Waals surface area (Å²) in [6.07, 6.45) is 3.87. The number of halogens is 1. The predicted molar refractivity (Wildman–Crippen MR) is 89.5 cm³/mol. The van der Waals surface area contributed by atoms with Gasteiger partial charge in [-0.15, -0.1) is 0 Å². The van der Waals surface area contributed by atoms with Gasteiger partial charge in [-0.1, -0.05) is 12.1 Å². The molecule has 1 aromatic heterocycles. The van der Waals surface area contributed by atoms with Crippen LogP contribution in [0.1, 0.15) is 51.3 Å². The molecule has 0 bridgehead atoms.